The molecule has 3 rings (SSSR count). The second kappa shape index (κ2) is 7.58. The molecular weight excluding hydrogens is 361 g/mol. The molecule has 2 aromatic heterocycles. The van der Waals surface area contributed by atoms with Gasteiger partial charge in [-0.25, -0.2) is 9.18 Å². The van der Waals surface area contributed by atoms with Crippen LogP contribution < -0.4 is 9.88 Å². The summed E-state index contributed by atoms with van der Waals surface area (Å²) in [4.78, 5) is 14.6. The third-order valence-electron chi connectivity index (χ3n) is 3.29. The van der Waals surface area contributed by atoms with Crippen molar-refractivity contribution in [3.63, 3.8) is 0 Å². The van der Waals surface area contributed by atoms with Crippen molar-refractivity contribution in [1.29, 1.82) is 0 Å². The molecule has 128 valence electrons. The molecule has 2 heterocycles. The van der Waals surface area contributed by atoms with Crippen LogP contribution >= 0.6 is 23.6 Å². The lowest BCUT2D eigenvalue weighted by molar-refractivity contribution is -0.135. The van der Waals surface area contributed by atoms with Crippen LogP contribution in [-0.2, 0) is 9.53 Å². The fraction of sp³-hybridized carbons (Fsp3) is 0.111. The Balaban J connectivity index is 2.02. The Labute approximate surface area is 151 Å². The van der Waals surface area contributed by atoms with Gasteiger partial charge in [0.1, 0.15) is 17.3 Å². The average molecular weight is 375 g/mol. The van der Waals surface area contributed by atoms with E-state index in [1.54, 1.807) is 43.3 Å². The number of benzene rings is 1. The van der Waals surface area contributed by atoms with Gasteiger partial charge in [0.2, 0.25) is 0 Å². The number of halogens is 1. The minimum Gasteiger partial charge on any atom is -0.463 e. The number of H-pyrrole nitrogens is 1. The molecular formula is C18H14FNO3S2. The first-order valence-corrected chi connectivity index (χ1v) is 8.73. The molecule has 0 saturated carbocycles. The number of thiazole rings is 1. The van der Waals surface area contributed by atoms with Gasteiger partial charge in [-0.2, -0.15) is 0 Å². The van der Waals surface area contributed by atoms with E-state index in [9.17, 15) is 9.18 Å². The normalized spacial score (nSPS) is 12.6. The van der Waals surface area contributed by atoms with Crippen molar-refractivity contribution in [3.05, 3.63) is 61.8 Å². The topological polar surface area (TPSA) is 55.2 Å². The van der Waals surface area contributed by atoms with Crippen molar-refractivity contribution in [2.75, 3.05) is 6.61 Å². The molecule has 1 aromatic carbocycles. The highest BCUT2D eigenvalue weighted by atomic mass is 32.1. The summed E-state index contributed by atoms with van der Waals surface area (Å²) in [6, 6.07) is 9.83. The maximum absolute atomic E-state index is 13.9. The fourth-order valence-corrected chi connectivity index (χ4v) is 3.37. The Morgan fingerprint density at radius 3 is 2.92 bits per heavy atom. The molecule has 4 nitrogen and oxygen atoms in total. The van der Waals surface area contributed by atoms with Crippen LogP contribution in [0.2, 0.25) is 0 Å². The highest BCUT2D eigenvalue weighted by Crippen LogP contribution is 2.24. The van der Waals surface area contributed by atoms with Gasteiger partial charge < -0.3 is 14.1 Å². The number of carbonyl (C=O) groups excluding carboxylic acids is 1. The fourth-order valence-electron chi connectivity index (χ4n) is 2.23. The number of ether oxygens (including phenoxy) is 1. The minimum absolute atomic E-state index is 0.295. The van der Waals surface area contributed by atoms with E-state index in [1.165, 1.54) is 23.5 Å². The van der Waals surface area contributed by atoms with E-state index in [1.807, 2.05) is 0 Å². The zero-order chi connectivity index (χ0) is 17.8. The molecule has 0 aliphatic rings. The largest absolute Gasteiger partial charge is 0.463 e. The molecule has 0 atom stereocenters. The van der Waals surface area contributed by atoms with Gasteiger partial charge in [-0.3, -0.25) is 0 Å². The monoisotopic (exact) mass is 375 g/mol. The van der Waals surface area contributed by atoms with E-state index in [4.69, 9.17) is 21.4 Å². The highest BCUT2D eigenvalue weighted by molar-refractivity contribution is 7.73. The van der Waals surface area contributed by atoms with Crippen LogP contribution in [0.1, 0.15) is 12.7 Å². The van der Waals surface area contributed by atoms with Crippen LogP contribution in [0, 0.1) is 9.77 Å². The van der Waals surface area contributed by atoms with Crippen molar-refractivity contribution >= 4 is 41.7 Å². The summed E-state index contributed by atoms with van der Waals surface area (Å²) in [5, 5.41) is 0.553. The molecule has 0 unspecified atom stereocenters. The minimum atomic E-state index is -0.451. The smallest absolute Gasteiger partial charge is 0.332 e. The Hall–Kier alpha value is -2.51. The highest BCUT2D eigenvalue weighted by Gasteiger charge is 2.08. The zero-order valence-electron chi connectivity index (χ0n) is 13.2. The van der Waals surface area contributed by atoms with Crippen molar-refractivity contribution in [2.45, 2.75) is 6.92 Å². The van der Waals surface area contributed by atoms with Crippen LogP contribution in [0.5, 0.6) is 0 Å². The Morgan fingerprint density at radius 1 is 1.36 bits per heavy atom. The molecule has 0 aliphatic heterocycles. The van der Waals surface area contributed by atoms with Crippen molar-refractivity contribution in [1.82, 2.24) is 4.98 Å². The molecule has 25 heavy (non-hydrogen) atoms. The Bertz CT molecular complexity index is 1080. The lowest BCUT2D eigenvalue weighted by Crippen LogP contribution is -2.23. The SMILES string of the molecule is CCOC(=O)/C=c1\[nH]c(=S)s\c1=C/c1ccc(-c2ccccc2F)o1. The lowest BCUT2D eigenvalue weighted by Gasteiger charge is -1.97. The van der Waals surface area contributed by atoms with Gasteiger partial charge in [-0.1, -0.05) is 12.1 Å². The predicted molar refractivity (Wildman–Crippen MR) is 97.5 cm³/mol. The second-order valence-electron chi connectivity index (χ2n) is 5.02. The third-order valence-corrected chi connectivity index (χ3v) is 4.49. The van der Waals surface area contributed by atoms with E-state index >= 15 is 0 Å². The van der Waals surface area contributed by atoms with Crippen LogP contribution in [0.4, 0.5) is 4.39 Å². The number of furan rings is 1. The van der Waals surface area contributed by atoms with Crippen molar-refractivity contribution < 1.29 is 18.3 Å². The van der Waals surface area contributed by atoms with Gasteiger partial charge in [0, 0.05) is 12.2 Å². The number of hydrogen-bond acceptors (Lipinski definition) is 5. The molecule has 0 fully saturated rings. The predicted octanol–water partition coefficient (Wildman–Crippen LogP) is 3.38. The average Bonchev–Trinajstić information content (AvgIpc) is 3.15. The third kappa shape index (κ3) is 4.12. The molecule has 1 N–H and O–H groups in total. The maximum atomic E-state index is 13.9. The van der Waals surface area contributed by atoms with E-state index in [0.717, 1.165) is 4.53 Å². The van der Waals surface area contributed by atoms with Crippen LogP contribution in [0.15, 0.2) is 40.8 Å². The molecule has 3 aromatic rings. The molecule has 0 bridgehead atoms. The number of esters is 1. The number of hydrogen-bond donors (Lipinski definition) is 1. The second-order valence-corrected chi connectivity index (χ2v) is 6.73. The van der Waals surface area contributed by atoms with Crippen LogP contribution in [0.3, 0.4) is 0 Å². The van der Waals surface area contributed by atoms with E-state index in [0.29, 0.717) is 33.0 Å². The van der Waals surface area contributed by atoms with Crippen LogP contribution in [0.25, 0.3) is 23.5 Å². The van der Waals surface area contributed by atoms with Gasteiger partial charge >= 0.3 is 5.97 Å². The molecule has 0 amide bonds. The quantitative estimate of drug-likeness (QED) is 0.561. The Morgan fingerprint density at radius 2 is 2.16 bits per heavy atom. The molecule has 0 saturated heterocycles. The van der Waals surface area contributed by atoms with Crippen LogP contribution in [-0.4, -0.2) is 17.6 Å². The van der Waals surface area contributed by atoms with Gasteiger partial charge in [-0.05, 0) is 43.4 Å². The summed E-state index contributed by atoms with van der Waals surface area (Å²) in [5.74, 6) is 0.158. The maximum Gasteiger partial charge on any atom is 0.332 e. The van der Waals surface area contributed by atoms with Gasteiger partial charge in [0.05, 0.1) is 22.1 Å². The summed E-state index contributed by atoms with van der Waals surface area (Å²) >= 11 is 6.45. The first-order valence-electron chi connectivity index (χ1n) is 7.51. The number of carbonyl (C=O) groups is 1. The van der Waals surface area contributed by atoms with Gasteiger partial charge in [0.25, 0.3) is 0 Å². The standard InChI is InChI=1S/C18H14FNO3S2/c1-2-22-17(21)10-14-16(25-18(24)20-14)9-11-7-8-15(23-11)12-5-3-4-6-13(12)19/h3-10H,2H2,1H3,(H,20,24)/b14-10-,16-9-. The number of aromatic nitrogens is 1. The van der Waals surface area contributed by atoms with E-state index < -0.39 is 5.97 Å². The molecule has 0 aliphatic carbocycles. The molecule has 0 radical (unpaired) electrons. The van der Waals surface area contributed by atoms with E-state index in [2.05, 4.69) is 4.98 Å². The van der Waals surface area contributed by atoms with Gasteiger partial charge in [-0.15, -0.1) is 11.3 Å². The summed E-state index contributed by atoms with van der Waals surface area (Å²) in [5.41, 5.74) is 0.391. The van der Waals surface area contributed by atoms with Crippen molar-refractivity contribution in [3.8, 4) is 11.3 Å². The first-order chi connectivity index (χ1) is 12.1. The summed E-state index contributed by atoms with van der Waals surface area (Å²) in [6.45, 7) is 2.03. The zero-order valence-corrected chi connectivity index (χ0v) is 14.9. The Kier molecular flexibility index (Phi) is 5.25. The number of rotatable bonds is 4. The molecule has 0 spiro atoms. The summed E-state index contributed by atoms with van der Waals surface area (Å²) < 4.78 is 25.7. The number of nitrogens with one attached hydrogen (secondary N) is 1. The summed E-state index contributed by atoms with van der Waals surface area (Å²) in [6.07, 6.45) is 3.09. The summed E-state index contributed by atoms with van der Waals surface area (Å²) in [7, 11) is 0. The first kappa shape index (κ1) is 17.3. The van der Waals surface area contributed by atoms with Crippen molar-refractivity contribution in [2.24, 2.45) is 0 Å². The number of aromatic amines is 1. The molecule has 7 heteroatoms. The van der Waals surface area contributed by atoms with E-state index in [-0.39, 0.29) is 5.82 Å². The lowest BCUT2D eigenvalue weighted by atomic mass is 10.1. The van der Waals surface area contributed by atoms with Gasteiger partial charge in [0.15, 0.2) is 3.95 Å².